The van der Waals surface area contributed by atoms with Crippen LogP contribution < -0.4 is 5.32 Å². The summed E-state index contributed by atoms with van der Waals surface area (Å²) in [4.78, 5) is 4.35. The highest BCUT2D eigenvalue weighted by molar-refractivity contribution is 5.98. The van der Waals surface area contributed by atoms with Crippen LogP contribution in [0.25, 0.3) is 0 Å². The van der Waals surface area contributed by atoms with Crippen molar-refractivity contribution in [3.05, 3.63) is 71.5 Å². The summed E-state index contributed by atoms with van der Waals surface area (Å²) < 4.78 is 18.4. The first-order chi connectivity index (χ1) is 12.2. The van der Waals surface area contributed by atoms with Crippen LogP contribution >= 0.6 is 0 Å². The van der Waals surface area contributed by atoms with Crippen molar-refractivity contribution >= 4 is 5.71 Å². The van der Waals surface area contributed by atoms with Gasteiger partial charge in [-0.25, -0.2) is 9.38 Å². The van der Waals surface area contributed by atoms with Crippen LogP contribution in [0.2, 0.25) is 0 Å². The molecule has 26 heavy (non-hydrogen) atoms. The second-order valence-corrected chi connectivity index (χ2v) is 5.91. The van der Waals surface area contributed by atoms with Gasteiger partial charge in [0.2, 0.25) is 0 Å². The van der Waals surface area contributed by atoms with Crippen LogP contribution in [0.5, 0.6) is 0 Å². The van der Waals surface area contributed by atoms with E-state index in [-0.39, 0.29) is 12.3 Å². The van der Waals surface area contributed by atoms with Gasteiger partial charge in [0.1, 0.15) is 18.3 Å². The highest BCUT2D eigenvalue weighted by Crippen LogP contribution is 2.11. The van der Waals surface area contributed by atoms with Crippen molar-refractivity contribution in [1.82, 2.24) is 5.32 Å². The van der Waals surface area contributed by atoms with E-state index in [9.17, 15) is 4.39 Å². The van der Waals surface area contributed by atoms with Crippen LogP contribution in [0.15, 0.2) is 76.5 Å². The molecule has 140 valence electrons. The first-order valence-electron chi connectivity index (χ1n) is 8.30. The first kappa shape index (κ1) is 23.1. The largest absolute Gasteiger partial charge is 0.423 e. The van der Waals surface area contributed by atoms with Gasteiger partial charge in [0.05, 0.1) is 5.70 Å². The maximum absolute atomic E-state index is 13.7. The molecule has 0 spiro atoms. The van der Waals surface area contributed by atoms with Crippen LogP contribution in [0.4, 0.5) is 4.39 Å². The third kappa shape index (κ3) is 10.1. The topological polar surface area (TPSA) is 57.4 Å². The Bertz CT molecular complexity index is 712. The minimum atomic E-state index is -0.635. The molecule has 0 aliphatic rings. The number of hydrogen-bond donors (Lipinski definition) is 1. The Hall–Kier alpha value is -2.87. The van der Waals surface area contributed by atoms with Crippen molar-refractivity contribution in [3.8, 4) is 6.26 Å². The van der Waals surface area contributed by atoms with Crippen molar-refractivity contribution < 1.29 is 9.13 Å². The lowest BCUT2D eigenvalue weighted by Crippen LogP contribution is -2.12. The average molecular weight is 357 g/mol. The molecule has 0 atom stereocenters. The molecule has 0 unspecified atom stereocenters. The van der Waals surface area contributed by atoms with E-state index >= 15 is 0 Å². The van der Waals surface area contributed by atoms with E-state index in [1.807, 2.05) is 46.8 Å². The number of nitriles is 1. The molecule has 0 aliphatic heterocycles. The van der Waals surface area contributed by atoms with Gasteiger partial charge in [0, 0.05) is 5.71 Å². The quantitative estimate of drug-likeness (QED) is 0.313. The number of ether oxygens (including phenoxy) is 1. The van der Waals surface area contributed by atoms with Crippen molar-refractivity contribution in [2.75, 3.05) is 6.61 Å². The number of rotatable bonds is 10. The molecule has 0 heterocycles. The molecule has 1 N–H and O–H groups in total. The molecule has 0 amide bonds. The third-order valence-electron chi connectivity index (χ3n) is 3.37. The van der Waals surface area contributed by atoms with Gasteiger partial charge < -0.3 is 10.1 Å². The van der Waals surface area contributed by atoms with E-state index in [1.54, 1.807) is 12.3 Å². The fourth-order valence-electron chi connectivity index (χ4n) is 1.68. The first-order valence-corrected chi connectivity index (χ1v) is 8.30. The van der Waals surface area contributed by atoms with Crippen LogP contribution in [0.3, 0.4) is 0 Å². The molecular formula is C21H28FN3O. The fourth-order valence-corrected chi connectivity index (χ4v) is 1.68. The Kier molecular flexibility index (Phi) is 11.1. The maximum atomic E-state index is 13.7. The average Bonchev–Trinajstić information content (AvgIpc) is 2.58. The van der Waals surface area contributed by atoms with Crippen molar-refractivity contribution in [2.45, 2.75) is 41.0 Å². The normalized spacial score (nSPS) is 13.0. The standard InChI is InChI=1S/C21H28FN3O/c1-8-20(13-26-14-23)11-12-21(17(5)22)25-19(7)24-18(6)16(4)10-9-15(2)3/h9-12,25H,5,7-8,13H2,1-4,6H3/b16-10+,20-11+,21-12+,24-18+. The summed E-state index contributed by atoms with van der Waals surface area (Å²) in [6, 6.07) is 0. The minimum absolute atomic E-state index is 0.153. The Morgan fingerprint density at radius 1 is 1.15 bits per heavy atom. The molecule has 5 heteroatoms. The van der Waals surface area contributed by atoms with Gasteiger partial charge in [-0.1, -0.05) is 43.9 Å². The lowest BCUT2D eigenvalue weighted by Gasteiger charge is -2.09. The number of nitrogens with zero attached hydrogens (tertiary/aromatic N) is 2. The van der Waals surface area contributed by atoms with E-state index in [0.29, 0.717) is 12.2 Å². The van der Waals surface area contributed by atoms with Crippen LogP contribution in [0, 0.1) is 11.5 Å². The highest BCUT2D eigenvalue weighted by atomic mass is 19.1. The molecule has 0 radical (unpaired) electrons. The summed E-state index contributed by atoms with van der Waals surface area (Å²) in [5, 5.41) is 11.3. The van der Waals surface area contributed by atoms with Gasteiger partial charge in [-0.3, -0.25) is 0 Å². The zero-order chi connectivity index (χ0) is 20.1. The number of allylic oxidation sites excluding steroid dienone is 7. The number of aliphatic imine (C=N–C) groups is 1. The number of hydrogen-bond acceptors (Lipinski definition) is 4. The van der Waals surface area contributed by atoms with Crippen LogP contribution in [-0.2, 0) is 4.74 Å². The Morgan fingerprint density at radius 3 is 2.31 bits per heavy atom. The molecule has 0 saturated heterocycles. The molecule has 4 nitrogen and oxygen atoms in total. The van der Waals surface area contributed by atoms with Crippen molar-refractivity contribution in [3.63, 3.8) is 0 Å². The van der Waals surface area contributed by atoms with E-state index in [4.69, 9.17) is 10.00 Å². The lowest BCUT2D eigenvalue weighted by molar-refractivity contribution is 0.299. The fraction of sp³-hybridized carbons (Fsp3) is 0.333. The van der Waals surface area contributed by atoms with E-state index in [1.165, 1.54) is 11.6 Å². The predicted molar refractivity (Wildman–Crippen MR) is 107 cm³/mol. The van der Waals surface area contributed by atoms with Crippen molar-refractivity contribution in [2.24, 2.45) is 4.99 Å². The van der Waals surface area contributed by atoms with Gasteiger partial charge in [0.25, 0.3) is 6.26 Å². The molecule has 0 bridgehead atoms. The monoisotopic (exact) mass is 357 g/mol. The summed E-state index contributed by atoms with van der Waals surface area (Å²) in [7, 11) is 0. The Morgan fingerprint density at radius 2 is 1.81 bits per heavy atom. The second kappa shape index (κ2) is 12.5. The molecular weight excluding hydrogens is 329 g/mol. The van der Waals surface area contributed by atoms with Gasteiger partial charge in [0.15, 0.2) is 0 Å². The van der Waals surface area contributed by atoms with Gasteiger partial charge in [-0.15, -0.1) is 0 Å². The molecule has 0 fully saturated rings. The van der Waals surface area contributed by atoms with E-state index in [2.05, 4.69) is 23.5 Å². The molecule has 0 aromatic heterocycles. The highest BCUT2D eigenvalue weighted by Gasteiger charge is 2.04. The Balaban J connectivity index is 5.28. The summed E-state index contributed by atoms with van der Waals surface area (Å²) in [5.41, 5.74) is 3.95. The summed E-state index contributed by atoms with van der Waals surface area (Å²) in [6.07, 6.45) is 9.48. The number of nitrogens with one attached hydrogen (secondary N) is 1. The SMILES string of the molecule is C=C(/N=C(C)/C(C)=C/C=C(C)C)N/C(=C/C=C(\CC)COC#N)C(=C)F. The molecule has 0 aliphatic carbocycles. The number of halogens is 1. The molecule has 0 saturated carbocycles. The van der Waals surface area contributed by atoms with E-state index < -0.39 is 5.83 Å². The molecule has 0 rings (SSSR count). The summed E-state index contributed by atoms with van der Waals surface area (Å²) in [6.45, 7) is 17.1. The summed E-state index contributed by atoms with van der Waals surface area (Å²) in [5.74, 6) is -0.332. The van der Waals surface area contributed by atoms with Gasteiger partial charge in [-0.2, -0.15) is 5.26 Å². The molecule has 0 aromatic rings. The Labute approximate surface area is 156 Å². The smallest absolute Gasteiger partial charge is 0.286 e. The zero-order valence-corrected chi connectivity index (χ0v) is 16.3. The maximum Gasteiger partial charge on any atom is 0.286 e. The minimum Gasteiger partial charge on any atom is -0.423 e. The summed E-state index contributed by atoms with van der Waals surface area (Å²) >= 11 is 0. The van der Waals surface area contributed by atoms with Crippen molar-refractivity contribution in [1.29, 1.82) is 5.26 Å². The third-order valence-corrected chi connectivity index (χ3v) is 3.37. The lowest BCUT2D eigenvalue weighted by atomic mass is 10.1. The van der Waals surface area contributed by atoms with Crippen LogP contribution in [0.1, 0.15) is 41.0 Å². The van der Waals surface area contributed by atoms with Gasteiger partial charge in [-0.05, 0) is 51.3 Å². The zero-order valence-electron chi connectivity index (χ0n) is 16.3. The second-order valence-electron chi connectivity index (χ2n) is 5.91. The predicted octanol–water partition coefficient (Wildman–Crippen LogP) is 5.62. The van der Waals surface area contributed by atoms with E-state index in [0.717, 1.165) is 16.9 Å². The van der Waals surface area contributed by atoms with Gasteiger partial charge >= 0.3 is 0 Å². The molecule has 0 aromatic carbocycles. The van der Waals surface area contributed by atoms with Crippen LogP contribution in [-0.4, -0.2) is 12.3 Å².